The zero-order valence-electron chi connectivity index (χ0n) is 9.73. The van der Waals surface area contributed by atoms with Crippen LogP contribution in [0.3, 0.4) is 0 Å². The van der Waals surface area contributed by atoms with Crippen molar-refractivity contribution >= 4 is 5.91 Å². The predicted octanol–water partition coefficient (Wildman–Crippen LogP) is 1.76. The van der Waals surface area contributed by atoms with Crippen LogP contribution in [-0.2, 0) is 11.2 Å². The van der Waals surface area contributed by atoms with Gasteiger partial charge >= 0.3 is 0 Å². The van der Waals surface area contributed by atoms with Crippen molar-refractivity contribution in [3.05, 3.63) is 42.4 Å². The Hall–Kier alpha value is -2.10. The molecule has 0 fully saturated rings. The van der Waals surface area contributed by atoms with E-state index in [-0.39, 0.29) is 5.91 Å². The van der Waals surface area contributed by atoms with E-state index in [1.807, 2.05) is 18.3 Å². The number of imidazole rings is 1. The van der Waals surface area contributed by atoms with Gasteiger partial charge in [-0.15, -0.1) is 0 Å². The average Bonchev–Trinajstić information content (AvgIpc) is 2.82. The molecule has 88 valence electrons. The van der Waals surface area contributed by atoms with Gasteiger partial charge in [0.05, 0.1) is 12.0 Å². The number of nitrogens with one attached hydrogen (secondary N) is 2. The van der Waals surface area contributed by atoms with Crippen LogP contribution in [0, 0.1) is 0 Å². The van der Waals surface area contributed by atoms with Crippen LogP contribution in [0.25, 0.3) is 11.3 Å². The smallest absolute Gasteiger partial charge is 0.216 e. The van der Waals surface area contributed by atoms with Crippen molar-refractivity contribution in [1.29, 1.82) is 0 Å². The molecule has 0 saturated heterocycles. The summed E-state index contributed by atoms with van der Waals surface area (Å²) in [5.74, 6) is 0.00783. The quantitative estimate of drug-likeness (QED) is 0.839. The lowest BCUT2D eigenvalue weighted by Gasteiger charge is -2.04. The minimum Gasteiger partial charge on any atom is -0.356 e. The Bertz CT molecular complexity index is 491. The van der Waals surface area contributed by atoms with Crippen LogP contribution in [0.2, 0.25) is 0 Å². The Kier molecular flexibility index (Phi) is 3.55. The van der Waals surface area contributed by atoms with Gasteiger partial charge < -0.3 is 10.3 Å². The SMILES string of the molecule is CC(=O)NCCc1cccc(-c2c[nH]cn2)c1. The molecular formula is C13H15N3O. The van der Waals surface area contributed by atoms with Gasteiger partial charge in [-0.25, -0.2) is 4.98 Å². The molecule has 1 heterocycles. The second-order valence-electron chi connectivity index (χ2n) is 3.89. The summed E-state index contributed by atoms with van der Waals surface area (Å²) in [6.07, 6.45) is 4.37. The molecule has 1 aromatic heterocycles. The Morgan fingerprint density at radius 3 is 3.06 bits per heavy atom. The summed E-state index contributed by atoms with van der Waals surface area (Å²) >= 11 is 0. The molecule has 4 heteroatoms. The number of nitrogens with zero attached hydrogens (tertiary/aromatic N) is 1. The molecule has 2 rings (SSSR count). The minimum atomic E-state index is 0.00783. The molecule has 17 heavy (non-hydrogen) atoms. The number of amides is 1. The molecule has 0 radical (unpaired) electrons. The van der Waals surface area contributed by atoms with E-state index in [1.54, 1.807) is 6.33 Å². The van der Waals surface area contributed by atoms with E-state index >= 15 is 0 Å². The summed E-state index contributed by atoms with van der Waals surface area (Å²) in [6.45, 7) is 2.19. The van der Waals surface area contributed by atoms with E-state index in [1.165, 1.54) is 12.5 Å². The first-order valence-electron chi connectivity index (χ1n) is 5.58. The highest BCUT2D eigenvalue weighted by atomic mass is 16.1. The van der Waals surface area contributed by atoms with Crippen LogP contribution < -0.4 is 5.32 Å². The molecule has 0 bridgehead atoms. The Morgan fingerprint density at radius 1 is 1.47 bits per heavy atom. The van der Waals surface area contributed by atoms with Crippen molar-refractivity contribution in [3.63, 3.8) is 0 Å². The number of rotatable bonds is 4. The molecule has 0 saturated carbocycles. The maximum Gasteiger partial charge on any atom is 0.216 e. The maximum absolute atomic E-state index is 10.8. The molecule has 0 atom stereocenters. The fourth-order valence-electron chi connectivity index (χ4n) is 1.69. The fraction of sp³-hybridized carbons (Fsp3) is 0.231. The molecule has 2 aromatic rings. The first-order chi connectivity index (χ1) is 8.25. The fourth-order valence-corrected chi connectivity index (χ4v) is 1.69. The second kappa shape index (κ2) is 5.30. The summed E-state index contributed by atoms with van der Waals surface area (Å²) in [4.78, 5) is 17.9. The van der Waals surface area contributed by atoms with Gasteiger partial charge in [0.25, 0.3) is 0 Å². The maximum atomic E-state index is 10.8. The van der Waals surface area contributed by atoms with Crippen LogP contribution in [0.15, 0.2) is 36.8 Å². The highest BCUT2D eigenvalue weighted by Gasteiger charge is 2.01. The van der Waals surface area contributed by atoms with E-state index in [0.717, 1.165) is 17.7 Å². The normalized spacial score (nSPS) is 10.2. The molecule has 0 spiro atoms. The zero-order chi connectivity index (χ0) is 12.1. The van der Waals surface area contributed by atoms with Gasteiger partial charge in [0.2, 0.25) is 5.91 Å². The number of hydrogen-bond acceptors (Lipinski definition) is 2. The first kappa shape index (κ1) is 11.4. The topological polar surface area (TPSA) is 57.8 Å². The molecule has 0 aliphatic carbocycles. The van der Waals surface area contributed by atoms with Gasteiger partial charge in [-0.05, 0) is 18.1 Å². The molecule has 4 nitrogen and oxygen atoms in total. The summed E-state index contributed by atoms with van der Waals surface area (Å²) in [5.41, 5.74) is 3.22. The standard InChI is InChI=1S/C13H15N3O/c1-10(17)15-6-5-11-3-2-4-12(7-11)13-8-14-9-16-13/h2-4,7-9H,5-6H2,1H3,(H,14,16)(H,15,17). The lowest BCUT2D eigenvalue weighted by Crippen LogP contribution is -2.22. The van der Waals surface area contributed by atoms with E-state index in [0.29, 0.717) is 6.54 Å². The van der Waals surface area contributed by atoms with Gasteiger partial charge in [0.15, 0.2) is 0 Å². The predicted molar refractivity (Wildman–Crippen MR) is 66.4 cm³/mol. The minimum absolute atomic E-state index is 0.00783. The number of carbonyl (C=O) groups is 1. The van der Waals surface area contributed by atoms with Gasteiger partial charge in [-0.2, -0.15) is 0 Å². The van der Waals surface area contributed by atoms with Gasteiger partial charge in [-0.3, -0.25) is 4.79 Å². The number of H-pyrrole nitrogens is 1. The largest absolute Gasteiger partial charge is 0.356 e. The van der Waals surface area contributed by atoms with Crippen molar-refractivity contribution in [2.24, 2.45) is 0 Å². The van der Waals surface area contributed by atoms with Crippen LogP contribution >= 0.6 is 0 Å². The first-order valence-corrected chi connectivity index (χ1v) is 5.58. The average molecular weight is 229 g/mol. The van der Waals surface area contributed by atoms with Crippen LogP contribution in [0.4, 0.5) is 0 Å². The van der Waals surface area contributed by atoms with Gasteiger partial charge in [0, 0.05) is 25.2 Å². The van der Waals surface area contributed by atoms with Crippen LogP contribution in [0.5, 0.6) is 0 Å². The molecule has 1 aromatic carbocycles. The van der Waals surface area contributed by atoms with Crippen LogP contribution in [0.1, 0.15) is 12.5 Å². The molecule has 2 N–H and O–H groups in total. The van der Waals surface area contributed by atoms with E-state index in [4.69, 9.17) is 0 Å². The third-order valence-electron chi connectivity index (χ3n) is 2.51. The second-order valence-corrected chi connectivity index (χ2v) is 3.89. The molecule has 1 amide bonds. The van der Waals surface area contributed by atoms with E-state index < -0.39 is 0 Å². The Labute approximate surface area is 100 Å². The highest BCUT2D eigenvalue weighted by Crippen LogP contribution is 2.17. The summed E-state index contributed by atoms with van der Waals surface area (Å²) < 4.78 is 0. The zero-order valence-corrected chi connectivity index (χ0v) is 9.73. The van der Waals surface area contributed by atoms with Crippen molar-refractivity contribution in [1.82, 2.24) is 15.3 Å². The number of hydrogen-bond donors (Lipinski definition) is 2. The third-order valence-corrected chi connectivity index (χ3v) is 2.51. The van der Waals surface area contributed by atoms with Crippen molar-refractivity contribution in [2.75, 3.05) is 6.54 Å². The molecule has 0 unspecified atom stereocenters. The molecule has 0 aliphatic heterocycles. The van der Waals surface area contributed by atoms with Gasteiger partial charge in [0.1, 0.15) is 0 Å². The molecule has 0 aliphatic rings. The van der Waals surface area contributed by atoms with Crippen molar-refractivity contribution in [2.45, 2.75) is 13.3 Å². The summed E-state index contributed by atoms with van der Waals surface area (Å²) in [6, 6.07) is 8.18. The van der Waals surface area contributed by atoms with Gasteiger partial charge in [-0.1, -0.05) is 18.2 Å². The number of aromatic nitrogens is 2. The molecular weight excluding hydrogens is 214 g/mol. The summed E-state index contributed by atoms with van der Waals surface area (Å²) in [5, 5.41) is 2.79. The summed E-state index contributed by atoms with van der Waals surface area (Å²) in [7, 11) is 0. The number of aromatic amines is 1. The van der Waals surface area contributed by atoms with Crippen LogP contribution in [-0.4, -0.2) is 22.4 Å². The van der Waals surface area contributed by atoms with E-state index in [2.05, 4.69) is 27.4 Å². The Morgan fingerprint density at radius 2 is 2.35 bits per heavy atom. The number of benzene rings is 1. The van der Waals surface area contributed by atoms with Crippen molar-refractivity contribution in [3.8, 4) is 11.3 Å². The highest BCUT2D eigenvalue weighted by molar-refractivity contribution is 5.72. The van der Waals surface area contributed by atoms with E-state index in [9.17, 15) is 4.79 Å². The van der Waals surface area contributed by atoms with Crippen molar-refractivity contribution < 1.29 is 4.79 Å². The third kappa shape index (κ3) is 3.17. The lowest BCUT2D eigenvalue weighted by atomic mass is 10.1. The lowest BCUT2D eigenvalue weighted by molar-refractivity contribution is -0.118. The number of carbonyl (C=O) groups excluding carboxylic acids is 1. The monoisotopic (exact) mass is 229 g/mol. The Balaban J connectivity index is 2.04.